The summed E-state index contributed by atoms with van der Waals surface area (Å²) in [7, 11) is 1.70. The van der Waals surface area contributed by atoms with E-state index in [2.05, 4.69) is 4.98 Å². The van der Waals surface area contributed by atoms with Gasteiger partial charge in [0, 0.05) is 25.8 Å². The van der Waals surface area contributed by atoms with Crippen LogP contribution in [-0.4, -0.2) is 70.8 Å². The molecule has 2 aliphatic heterocycles. The Morgan fingerprint density at radius 3 is 3.00 bits per heavy atom. The molecule has 0 aliphatic carbocycles. The third-order valence-corrected chi connectivity index (χ3v) is 4.55. The smallest absolute Gasteiger partial charge is 0.320 e. The Bertz CT molecular complexity index is 623. The van der Waals surface area contributed by atoms with Gasteiger partial charge >= 0.3 is 6.03 Å². The molecular formula is C15H21N5O3. The molecule has 1 fully saturated rings. The number of nitrogens with two attached hydrogens (primary N) is 1. The molecule has 3 heterocycles. The monoisotopic (exact) mass is 319 g/mol. The maximum absolute atomic E-state index is 12.2. The van der Waals surface area contributed by atoms with Crippen LogP contribution in [0.25, 0.3) is 0 Å². The lowest BCUT2D eigenvalue weighted by Gasteiger charge is -2.41. The minimum atomic E-state index is -1.13. The summed E-state index contributed by atoms with van der Waals surface area (Å²) in [6.45, 7) is 1.46. The molecule has 0 radical (unpaired) electrons. The number of urea groups is 1. The van der Waals surface area contributed by atoms with E-state index in [0.29, 0.717) is 31.9 Å². The van der Waals surface area contributed by atoms with Crippen LogP contribution in [-0.2, 0) is 11.2 Å². The number of aryl methyl sites for hydroxylation is 1. The summed E-state index contributed by atoms with van der Waals surface area (Å²) in [5.41, 5.74) is 6.53. The van der Waals surface area contributed by atoms with E-state index in [0.717, 1.165) is 12.0 Å². The van der Waals surface area contributed by atoms with E-state index in [1.165, 1.54) is 4.90 Å². The molecule has 0 spiro atoms. The van der Waals surface area contributed by atoms with Gasteiger partial charge in [0.2, 0.25) is 0 Å². The Morgan fingerprint density at radius 2 is 2.26 bits per heavy atom. The number of primary amides is 1. The maximum atomic E-state index is 12.2. The van der Waals surface area contributed by atoms with Gasteiger partial charge in [-0.05, 0) is 31.5 Å². The SMILES string of the molecule is CN1CCN(CC2CCc3cccnc3N2C(N)=O)C(=O)C1O. The lowest BCUT2D eigenvalue weighted by atomic mass is 9.98. The molecule has 124 valence electrons. The number of carbonyl (C=O) groups excluding carboxylic acids is 2. The highest BCUT2D eigenvalue weighted by Gasteiger charge is 2.36. The van der Waals surface area contributed by atoms with Gasteiger partial charge in [0.1, 0.15) is 5.82 Å². The van der Waals surface area contributed by atoms with Gasteiger partial charge in [-0.2, -0.15) is 0 Å². The third kappa shape index (κ3) is 2.87. The van der Waals surface area contributed by atoms with Crippen LogP contribution < -0.4 is 10.6 Å². The Balaban J connectivity index is 1.80. The summed E-state index contributed by atoms with van der Waals surface area (Å²) < 4.78 is 0. The fourth-order valence-corrected chi connectivity index (χ4v) is 3.22. The van der Waals surface area contributed by atoms with Crippen LogP contribution in [0.2, 0.25) is 0 Å². The van der Waals surface area contributed by atoms with Crippen molar-refractivity contribution in [3.63, 3.8) is 0 Å². The van der Waals surface area contributed by atoms with Crippen molar-refractivity contribution in [1.29, 1.82) is 0 Å². The van der Waals surface area contributed by atoms with E-state index in [1.54, 1.807) is 23.0 Å². The lowest BCUT2D eigenvalue weighted by molar-refractivity contribution is -0.156. The van der Waals surface area contributed by atoms with Gasteiger partial charge in [0.05, 0.1) is 6.04 Å². The summed E-state index contributed by atoms with van der Waals surface area (Å²) in [4.78, 5) is 33.1. The van der Waals surface area contributed by atoms with Gasteiger partial charge in [-0.3, -0.25) is 14.6 Å². The molecule has 0 bridgehead atoms. The largest absolute Gasteiger partial charge is 0.370 e. The van der Waals surface area contributed by atoms with Gasteiger partial charge < -0.3 is 15.7 Å². The fraction of sp³-hybridized carbons (Fsp3) is 0.533. The van der Waals surface area contributed by atoms with Crippen molar-refractivity contribution in [2.75, 3.05) is 31.6 Å². The van der Waals surface area contributed by atoms with Gasteiger partial charge in [0.15, 0.2) is 6.23 Å². The number of amides is 3. The van der Waals surface area contributed by atoms with Gasteiger partial charge in [-0.1, -0.05) is 6.07 Å². The summed E-state index contributed by atoms with van der Waals surface area (Å²) in [6, 6.07) is 2.96. The zero-order chi connectivity index (χ0) is 16.6. The van der Waals surface area contributed by atoms with E-state index in [4.69, 9.17) is 5.73 Å². The van der Waals surface area contributed by atoms with Crippen LogP contribution in [0.5, 0.6) is 0 Å². The predicted molar refractivity (Wildman–Crippen MR) is 83.6 cm³/mol. The standard InChI is InChI=1S/C15H21N5O3/c1-18-7-8-19(14(22)13(18)21)9-11-5-4-10-3-2-6-17-12(10)20(11)15(16)23/h2-3,6,11,13,21H,4-5,7-9H2,1H3,(H2,16,23). The predicted octanol–water partition coefficient (Wildman–Crippen LogP) is -0.626. The fourth-order valence-electron chi connectivity index (χ4n) is 3.22. The van der Waals surface area contributed by atoms with E-state index in [9.17, 15) is 14.7 Å². The number of nitrogens with zero attached hydrogens (tertiary/aromatic N) is 4. The number of rotatable bonds is 2. The Labute approximate surface area is 134 Å². The molecule has 8 nitrogen and oxygen atoms in total. The molecule has 3 N–H and O–H groups in total. The number of anilines is 1. The Kier molecular flexibility index (Phi) is 4.18. The van der Waals surface area contributed by atoms with Crippen LogP contribution in [0.3, 0.4) is 0 Å². The molecule has 1 aromatic rings. The molecule has 23 heavy (non-hydrogen) atoms. The first-order valence-corrected chi connectivity index (χ1v) is 7.68. The molecule has 1 saturated heterocycles. The van der Waals surface area contributed by atoms with Crippen LogP contribution in [0.15, 0.2) is 18.3 Å². The van der Waals surface area contributed by atoms with E-state index < -0.39 is 12.3 Å². The number of likely N-dealkylation sites (N-methyl/N-ethyl adjacent to an activating group) is 1. The first-order valence-electron chi connectivity index (χ1n) is 7.68. The second-order valence-electron chi connectivity index (χ2n) is 6.03. The number of pyridine rings is 1. The summed E-state index contributed by atoms with van der Waals surface area (Å²) >= 11 is 0. The highest BCUT2D eigenvalue weighted by Crippen LogP contribution is 2.29. The quantitative estimate of drug-likeness (QED) is 0.756. The Hall–Kier alpha value is -2.19. The van der Waals surface area contributed by atoms with Crippen LogP contribution in [0, 0.1) is 0 Å². The normalized spacial score (nSPS) is 25.4. The number of fused-ring (bicyclic) bond motifs is 1. The first kappa shape index (κ1) is 15.7. The van der Waals surface area contributed by atoms with Gasteiger partial charge in [-0.15, -0.1) is 0 Å². The van der Waals surface area contributed by atoms with Crippen LogP contribution in [0.4, 0.5) is 10.6 Å². The molecule has 3 rings (SSSR count). The van der Waals surface area contributed by atoms with Crippen molar-refractivity contribution in [3.05, 3.63) is 23.9 Å². The highest BCUT2D eigenvalue weighted by atomic mass is 16.3. The van der Waals surface area contributed by atoms with Gasteiger partial charge in [0.25, 0.3) is 5.91 Å². The number of hydrogen-bond donors (Lipinski definition) is 2. The van der Waals surface area contributed by atoms with E-state index in [-0.39, 0.29) is 11.9 Å². The number of aliphatic hydroxyl groups is 1. The first-order chi connectivity index (χ1) is 11.0. The van der Waals surface area contributed by atoms with Crippen LogP contribution in [0.1, 0.15) is 12.0 Å². The van der Waals surface area contributed by atoms with Crippen LogP contribution >= 0.6 is 0 Å². The van der Waals surface area contributed by atoms with E-state index >= 15 is 0 Å². The lowest BCUT2D eigenvalue weighted by Crippen LogP contribution is -2.60. The van der Waals surface area contributed by atoms with Crippen molar-refractivity contribution in [3.8, 4) is 0 Å². The molecule has 0 saturated carbocycles. The average molecular weight is 319 g/mol. The molecule has 0 aromatic carbocycles. The minimum absolute atomic E-state index is 0.227. The molecule has 1 aromatic heterocycles. The van der Waals surface area contributed by atoms with E-state index in [1.807, 2.05) is 12.1 Å². The third-order valence-electron chi connectivity index (χ3n) is 4.55. The van der Waals surface area contributed by atoms with Crippen molar-refractivity contribution in [2.45, 2.75) is 25.1 Å². The minimum Gasteiger partial charge on any atom is -0.370 e. The summed E-state index contributed by atoms with van der Waals surface area (Å²) in [5, 5.41) is 9.90. The number of piperazine rings is 1. The zero-order valence-corrected chi connectivity index (χ0v) is 13.1. The Morgan fingerprint density at radius 1 is 1.48 bits per heavy atom. The van der Waals surface area contributed by atoms with Crippen molar-refractivity contribution < 1.29 is 14.7 Å². The molecule has 2 atom stereocenters. The number of aliphatic hydroxyl groups excluding tert-OH is 1. The molecule has 2 unspecified atom stereocenters. The topological polar surface area (TPSA) is 103 Å². The highest BCUT2D eigenvalue weighted by molar-refractivity contribution is 5.91. The average Bonchev–Trinajstić information content (AvgIpc) is 2.54. The maximum Gasteiger partial charge on any atom is 0.320 e. The second-order valence-corrected chi connectivity index (χ2v) is 6.03. The summed E-state index contributed by atoms with van der Waals surface area (Å²) in [6.07, 6.45) is 1.99. The summed E-state index contributed by atoms with van der Waals surface area (Å²) in [5.74, 6) is 0.230. The molecule has 3 amide bonds. The molecular weight excluding hydrogens is 298 g/mol. The number of carbonyl (C=O) groups is 2. The van der Waals surface area contributed by atoms with Crippen molar-refractivity contribution in [2.24, 2.45) is 5.73 Å². The zero-order valence-electron chi connectivity index (χ0n) is 13.1. The van der Waals surface area contributed by atoms with Crippen molar-refractivity contribution >= 4 is 17.8 Å². The number of hydrogen-bond acceptors (Lipinski definition) is 5. The molecule has 8 heteroatoms. The molecule has 2 aliphatic rings. The number of aromatic nitrogens is 1. The second kappa shape index (κ2) is 6.13. The van der Waals surface area contributed by atoms with Gasteiger partial charge in [-0.25, -0.2) is 9.78 Å². The van der Waals surface area contributed by atoms with Crippen molar-refractivity contribution in [1.82, 2.24) is 14.8 Å².